The van der Waals surface area contributed by atoms with Gasteiger partial charge in [-0.05, 0) is 147 Å². The molecule has 4 nitrogen and oxygen atoms in total. The van der Waals surface area contributed by atoms with E-state index >= 15 is 0 Å². The van der Waals surface area contributed by atoms with E-state index in [1.165, 1.54) is 138 Å². The van der Waals surface area contributed by atoms with Crippen LogP contribution in [0.15, 0.2) is 78.2 Å². The van der Waals surface area contributed by atoms with Crippen molar-refractivity contribution in [3.05, 3.63) is 100 Å². The van der Waals surface area contributed by atoms with Crippen molar-refractivity contribution in [2.24, 2.45) is 0 Å². The van der Waals surface area contributed by atoms with Gasteiger partial charge in [-0.2, -0.15) is 0 Å². The molecule has 7 heterocycles. The minimum atomic E-state index is -2.19. The lowest BCUT2D eigenvalue weighted by molar-refractivity contribution is 0.608. The van der Waals surface area contributed by atoms with Crippen molar-refractivity contribution in [2.75, 3.05) is 0 Å². The first kappa shape index (κ1) is 62.4. The molecule has 7 aromatic heterocycles. The second-order valence-corrected chi connectivity index (χ2v) is 42.2. The number of aryl methyl sites for hydroxylation is 2. The number of para-hydroxylation sites is 2. The molecule has 10 aromatic rings. The molecule has 0 amide bonds. The highest BCUT2D eigenvalue weighted by Crippen LogP contribution is 2.50. The van der Waals surface area contributed by atoms with Gasteiger partial charge in [0, 0.05) is 38.7 Å². The summed E-state index contributed by atoms with van der Waals surface area (Å²) in [6, 6.07) is 27.7. The maximum atomic E-state index is 5.76. The van der Waals surface area contributed by atoms with Gasteiger partial charge in [-0.1, -0.05) is 185 Å². The smallest absolute Gasteiger partial charge is 0.148 e. The largest absolute Gasteiger partial charge is 0.336 e. The van der Waals surface area contributed by atoms with E-state index in [1.807, 2.05) is 56.7 Å². The number of thiophene rings is 5. The lowest BCUT2D eigenvalue weighted by Gasteiger charge is -2.38. The fourth-order valence-corrected chi connectivity index (χ4v) is 30.2. The highest BCUT2D eigenvalue weighted by Gasteiger charge is 2.43. The molecule has 0 saturated heterocycles. The molecular weight excluding hydrogens is 1150 g/mol. The maximum absolute atomic E-state index is 5.76. The summed E-state index contributed by atoms with van der Waals surface area (Å²) in [5.41, 5.74) is 21.0. The number of nitrogens with zero attached hydrogens (tertiary/aromatic N) is 3. The summed E-state index contributed by atoms with van der Waals surface area (Å²) in [5, 5.41) is 4.92. The Morgan fingerprint density at radius 2 is 0.917 bits per heavy atom. The molecule has 10 rings (SSSR count). The van der Waals surface area contributed by atoms with Gasteiger partial charge in [0.15, 0.2) is 0 Å². The van der Waals surface area contributed by atoms with Gasteiger partial charge < -0.3 is 4.98 Å². The summed E-state index contributed by atoms with van der Waals surface area (Å²) in [5.74, 6) is 8.80. The van der Waals surface area contributed by atoms with E-state index in [4.69, 9.17) is 15.0 Å². The zero-order valence-corrected chi connectivity index (χ0v) is 58.8. The second kappa shape index (κ2) is 27.1. The normalized spacial score (nSPS) is 12.6. The molecule has 11 heteroatoms. The Morgan fingerprint density at radius 1 is 0.440 bits per heavy atom. The number of H-pyrrole nitrogens is 1. The molecule has 0 radical (unpaired) electrons. The van der Waals surface area contributed by atoms with E-state index in [1.54, 1.807) is 0 Å². The molecule has 0 saturated carbocycles. The third-order valence-corrected chi connectivity index (χ3v) is 37.2. The third-order valence-electron chi connectivity index (χ3n) is 18.6. The predicted molar refractivity (Wildman–Crippen MR) is 383 cm³/mol. The fourth-order valence-electron chi connectivity index (χ4n) is 14.2. The summed E-state index contributed by atoms with van der Waals surface area (Å²) in [6.45, 7) is 33.4. The predicted octanol–water partition coefficient (Wildman–Crippen LogP) is 24.9. The Balaban J connectivity index is 1.14. The summed E-state index contributed by atoms with van der Waals surface area (Å²) in [7, 11) is -4.37. The molecule has 0 aliphatic carbocycles. The first-order chi connectivity index (χ1) is 40.5. The first-order valence-electron chi connectivity index (χ1n) is 31.9. The molecule has 0 aliphatic rings. The van der Waals surface area contributed by atoms with Crippen molar-refractivity contribution in [2.45, 2.75) is 220 Å². The van der Waals surface area contributed by atoms with Crippen LogP contribution in [-0.4, -0.2) is 36.1 Å². The minimum Gasteiger partial charge on any atom is -0.336 e. The summed E-state index contributed by atoms with van der Waals surface area (Å²) in [6.07, 6.45) is 17.5. The number of benzene rings is 3. The van der Waals surface area contributed by atoms with E-state index in [0.717, 1.165) is 67.8 Å². The molecular formula is C73H90N4S5Si2. The minimum absolute atomic E-state index is 0.472. The van der Waals surface area contributed by atoms with Crippen LogP contribution < -0.4 is 0 Å². The molecule has 0 aliphatic heterocycles. The van der Waals surface area contributed by atoms with Crippen LogP contribution >= 0.6 is 56.7 Å². The Bertz CT molecular complexity index is 3820. The Kier molecular flexibility index (Phi) is 20.1. The van der Waals surface area contributed by atoms with Crippen molar-refractivity contribution >= 4 is 126 Å². The van der Waals surface area contributed by atoms with Gasteiger partial charge in [-0.15, -0.1) is 67.8 Å². The van der Waals surface area contributed by atoms with Gasteiger partial charge in [0.25, 0.3) is 0 Å². The molecule has 440 valence electrons. The van der Waals surface area contributed by atoms with Crippen LogP contribution in [0, 0.1) is 22.9 Å². The van der Waals surface area contributed by atoms with Crippen molar-refractivity contribution in [3.63, 3.8) is 0 Å². The molecule has 0 atom stereocenters. The number of imidazole rings is 1. The van der Waals surface area contributed by atoms with E-state index in [2.05, 4.69) is 203 Å². The molecule has 3 aromatic carbocycles. The Morgan fingerprint density at radius 3 is 1.46 bits per heavy atom. The lowest BCUT2D eigenvalue weighted by atomic mass is 10.0. The van der Waals surface area contributed by atoms with E-state index in [0.29, 0.717) is 33.2 Å². The number of aromatic amines is 1. The number of fused-ring (bicyclic) bond motifs is 5. The van der Waals surface area contributed by atoms with Crippen molar-refractivity contribution in [1.82, 2.24) is 19.9 Å². The van der Waals surface area contributed by atoms with Gasteiger partial charge in [-0.25, -0.2) is 15.0 Å². The average molecular weight is 1240 g/mol. The van der Waals surface area contributed by atoms with E-state index in [-0.39, 0.29) is 0 Å². The van der Waals surface area contributed by atoms with Gasteiger partial charge in [-0.3, -0.25) is 0 Å². The maximum Gasteiger partial charge on any atom is 0.148 e. The number of unbranched alkanes of at least 4 members (excludes halogenated alkanes) is 10. The van der Waals surface area contributed by atoms with Crippen LogP contribution in [-0.2, 0) is 12.8 Å². The number of aromatic nitrogens is 4. The average Bonchev–Trinajstić information content (AvgIpc) is 3.23. The molecule has 1 N–H and O–H groups in total. The highest BCUT2D eigenvalue weighted by molar-refractivity contribution is 7.30. The van der Waals surface area contributed by atoms with Crippen LogP contribution in [0.1, 0.15) is 196 Å². The number of rotatable bonds is 24. The zero-order valence-electron chi connectivity index (χ0n) is 52.8. The number of hydrogen-bond acceptors (Lipinski definition) is 8. The second-order valence-electron chi connectivity index (χ2n) is 25.9. The van der Waals surface area contributed by atoms with Gasteiger partial charge in [0.2, 0.25) is 0 Å². The number of nitrogens with one attached hydrogen (secondary N) is 1. The van der Waals surface area contributed by atoms with Crippen molar-refractivity contribution < 1.29 is 0 Å². The standard InChI is InChI=1S/C73H90N4S5Si2/c1-15-17-19-21-23-25-29-53-42-65(64-45-55-44-62-52(35-38-78-62)41-63(55)80-64)81-71(53)60-33-34-61(79-60)72-54(30-26-24-22-20-18-16-2)43-66(82-72)73-76-69-56(36-39-83(46(3)4,47(5)6)48(7)8)67-68(75-59-32-28-27-31-58(59)74-67)57(70(69)77-73)37-40-84(49(9)10,50(11)12)51(13)14/h27-28,31-35,38,41-51H,15-26,29-30H2,1-14H3,(H,76,77). The van der Waals surface area contributed by atoms with E-state index in [9.17, 15) is 0 Å². The topological polar surface area (TPSA) is 54.5 Å². The van der Waals surface area contributed by atoms with Gasteiger partial charge >= 0.3 is 0 Å². The zero-order chi connectivity index (χ0) is 59.5. The quantitative estimate of drug-likeness (QED) is 0.0284. The third kappa shape index (κ3) is 12.6. The summed E-state index contributed by atoms with van der Waals surface area (Å²) < 4.78 is 2.74. The molecule has 0 bridgehead atoms. The molecule has 0 spiro atoms. The lowest BCUT2D eigenvalue weighted by Crippen LogP contribution is -2.43. The SMILES string of the molecule is CCCCCCCCc1cc(-c2nc3c(C#C[Si](C(C)C)(C(C)C)C(C)C)c4nc5ccccc5nc4c(C#C[Si](C(C)C)(C(C)C)C(C)C)c3[nH]2)sc1-c1ccc(-c2sc(-c3cc4cc5sccc5cc4s3)cc2CCCCCCCC)s1. The van der Waals surface area contributed by atoms with Crippen LogP contribution in [0.5, 0.6) is 0 Å². The van der Waals surface area contributed by atoms with Gasteiger partial charge in [0.1, 0.15) is 38.5 Å². The van der Waals surface area contributed by atoms with Crippen LogP contribution in [0.3, 0.4) is 0 Å². The van der Waals surface area contributed by atoms with Crippen LogP contribution in [0.4, 0.5) is 0 Å². The molecule has 0 fully saturated rings. The van der Waals surface area contributed by atoms with Crippen LogP contribution in [0.2, 0.25) is 33.2 Å². The Hall–Kier alpha value is -4.70. The van der Waals surface area contributed by atoms with Crippen LogP contribution in [0.25, 0.3) is 93.2 Å². The highest BCUT2D eigenvalue weighted by atomic mass is 32.1. The summed E-state index contributed by atoms with van der Waals surface area (Å²) >= 11 is 9.69. The molecule has 0 unspecified atom stereocenters. The van der Waals surface area contributed by atoms with Crippen molar-refractivity contribution in [3.8, 4) is 62.9 Å². The van der Waals surface area contributed by atoms with E-state index < -0.39 is 16.1 Å². The van der Waals surface area contributed by atoms with Crippen molar-refractivity contribution in [1.29, 1.82) is 0 Å². The summed E-state index contributed by atoms with van der Waals surface area (Å²) in [4.78, 5) is 30.3. The number of hydrogen-bond donors (Lipinski definition) is 1. The van der Waals surface area contributed by atoms with Gasteiger partial charge in [0.05, 0.1) is 32.6 Å². The molecule has 84 heavy (non-hydrogen) atoms. The first-order valence-corrected chi connectivity index (χ1v) is 40.6. The Labute approximate surface area is 525 Å². The fraction of sp³-hybridized carbons (Fsp3) is 0.466. The monoisotopic (exact) mass is 1240 g/mol.